The van der Waals surface area contributed by atoms with Gasteiger partial charge < -0.3 is 14.2 Å². The van der Waals surface area contributed by atoms with Crippen LogP contribution in [0.3, 0.4) is 0 Å². The van der Waals surface area contributed by atoms with Gasteiger partial charge in [0.2, 0.25) is 0 Å². The highest BCUT2D eigenvalue weighted by Crippen LogP contribution is 2.67. The molecule has 0 aliphatic heterocycles. The van der Waals surface area contributed by atoms with E-state index in [4.69, 9.17) is 9.05 Å². The molecule has 1 aromatic rings. The van der Waals surface area contributed by atoms with Crippen molar-refractivity contribution in [1.82, 2.24) is 0 Å². The van der Waals surface area contributed by atoms with Crippen LogP contribution in [0.25, 0.3) is 0 Å². The maximum atomic E-state index is 12.9. The second kappa shape index (κ2) is 15.8. The quantitative estimate of drug-likeness (QED) is 0.249. The zero-order chi connectivity index (χ0) is 25.0. The predicted octanol–water partition coefficient (Wildman–Crippen LogP) is 8.25. The van der Waals surface area contributed by atoms with Crippen molar-refractivity contribution in [3.05, 3.63) is 65.3 Å². The van der Waals surface area contributed by atoms with E-state index in [9.17, 15) is 14.5 Å². The van der Waals surface area contributed by atoms with Crippen molar-refractivity contribution in [1.29, 1.82) is 0 Å². The number of hydrogen-bond acceptors (Lipinski definition) is 5. The summed E-state index contributed by atoms with van der Waals surface area (Å²) >= 11 is 0. The molecule has 1 N–H and O–H groups in total. The number of aliphatic hydroxyl groups is 1. The van der Waals surface area contributed by atoms with Gasteiger partial charge in [-0.15, -0.1) is 6.58 Å². The minimum Gasteiger partial charge on any atom is -0.389 e. The molecule has 2 fully saturated rings. The fraction of sp³-hybridized carbons (Fsp3) is 0.594. The van der Waals surface area contributed by atoms with Crippen LogP contribution in [-0.2, 0) is 18.4 Å². The second-order valence-corrected chi connectivity index (χ2v) is 13.3. The van der Waals surface area contributed by atoms with E-state index in [2.05, 4.69) is 13.5 Å². The van der Waals surface area contributed by atoms with Crippen molar-refractivity contribution >= 4 is 59.2 Å². The number of benzene rings is 1. The lowest BCUT2D eigenvalue weighted by Crippen LogP contribution is -2.51. The van der Waals surface area contributed by atoms with Gasteiger partial charge in [0.15, 0.2) is 5.78 Å². The number of ketones is 1. The Morgan fingerprint density at radius 1 is 1.02 bits per heavy atom. The van der Waals surface area contributed by atoms with E-state index in [0.29, 0.717) is 30.0 Å². The average Bonchev–Trinajstić information content (AvgIpc) is 3.13. The van der Waals surface area contributed by atoms with E-state index < -0.39 is 13.2 Å². The summed E-state index contributed by atoms with van der Waals surface area (Å²) in [4.78, 5) is 12.2. The van der Waals surface area contributed by atoms with Gasteiger partial charge in [0.1, 0.15) is 0 Å². The van der Waals surface area contributed by atoms with Crippen LogP contribution in [0.1, 0.15) is 92.1 Å². The van der Waals surface area contributed by atoms with Gasteiger partial charge in [-0.25, -0.2) is 0 Å². The molecule has 0 bridgehead atoms. The molecule has 9 heteroatoms. The second-order valence-electron chi connectivity index (χ2n) is 11.0. The van der Waals surface area contributed by atoms with E-state index in [1.807, 2.05) is 36.4 Å². The highest BCUT2D eigenvalue weighted by molar-refractivity contribution is 7.62. The zero-order valence-corrected chi connectivity index (χ0v) is 26.5. The molecule has 0 aromatic heterocycles. The van der Waals surface area contributed by atoms with Gasteiger partial charge in [0.25, 0.3) is 0 Å². The third-order valence-corrected chi connectivity index (χ3v) is 11.5. The fourth-order valence-electron chi connectivity index (χ4n) is 7.80. The molecule has 0 saturated heterocycles. The Labute approximate surface area is 270 Å². The van der Waals surface area contributed by atoms with E-state index in [1.54, 1.807) is 0 Å². The van der Waals surface area contributed by atoms with Gasteiger partial charge in [0.05, 0.1) is 10.9 Å². The summed E-state index contributed by atoms with van der Waals surface area (Å²) in [6.07, 6.45) is 10.4. The van der Waals surface area contributed by atoms with E-state index in [0.717, 1.165) is 44.1 Å². The summed E-state index contributed by atoms with van der Waals surface area (Å²) in [6.45, 7) is 6.24. The summed E-state index contributed by atoms with van der Waals surface area (Å²) < 4.78 is 23.3. The molecule has 1 aromatic carbocycles. The minimum absolute atomic E-state index is 0. The molecule has 41 heavy (non-hydrogen) atoms. The van der Waals surface area contributed by atoms with Gasteiger partial charge in [-0.2, -0.15) is 40.5 Å². The molecule has 2 saturated carbocycles. The first-order valence-electron chi connectivity index (χ1n) is 12.8. The van der Waals surface area contributed by atoms with Crippen LogP contribution < -0.4 is 5.30 Å². The van der Waals surface area contributed by atoms with E-state index >= 15 is 0 Å². The lowest BCUT2D eigenvalue weighted by Gasteiger charge is -2.55. The molecule has 4 aliphatic carbocycles. The summed E-state index contributed by atoms with van der Waals surface area (Å²) in [5.41, 5.74) is 4.27. The molecule has 4 aliphatic rings. The summed E-state index contributed by atoms with van der Waals surface area (Å²) in [6, 6.07) is 7.80. The Kier molecular flexibility index (Phi) is 16.4. The highest BCUT2D eigenvalue weighted by atomic mass is 32.1. The minimum atomic E-state index is -3.32. The van der Waals surface area contributed by atoms with E-state index in [-0.39, 0.29) is 79.9 Å². The number of carbonyl (C=O) groups excluding carboxylic acids is 1. The smallest absolute Gasteiger partial charge is 0.360 e. The molecule has 0 radical (unpaired) electrons. The highest BCUT2D eigenvalue weighted by Gasteiger charge is 2.62. The van der Waals surface area contributed by atoms with Gasteiger partial charge in [-0.05, 0) is 91.7 Å². The van der Waals surface area contributed by atoms with Gasteiger partial charge in [-0.1, -0.05) is 53.0 Å². The van der Waals surface area contributed by atoms with Crippen LogP contribution in [0.15, 0.2) is 59.7 Å². The molecule has 0 unspecified atom stereocenters. The maximum absolute atomic E-state index is 12.9. The topological polar surface area (TPSA) is 72.8 Å². The van der Waals surface area contributed by atoms with Gasteiger partial charge in [0, 0.05) is 32.0 Å². The third kappa shape index (κ3) is 6.84. The number of fused-ring (bicyclic) bond motifs is 4. The number of allylic oxidation sites excluding steroid dienone is 4. The average molecular weight is 647 g/mol. The zero-order valence-electron chi connectivity index (χ0n) is 22.6. The predicted molar refractivity (Wildman–Crippen MR) is 189 cm³/mol. The van der Waals surface area contributed by atoms with Crippen molar-refractivity contribution in [2.75, 3.05) is 14.2 Å². The van der Waals surface area contributed by atoms with Crippen molar-refractivity contribution in [2.24, 2.45) is 17.3 Å². The summed E-state index contributed by atoms with van der Waals surface area (Å²) in [7, 11) is -0.522. The molecule has 0 amide bonds. The first kappa shape index (κ1) is 42.4. The van der Waals surface area contributed by atoms with Crippen molar-refractivity contribution in [3.63, 3.8) is 0 Å². The number of carbonyl (C=O) groups is 1. The monoisotopic (exact) mass is 646 g/mol. The van der Waals surface area contributed by atoms with E-state index in [1.165, 1.54) is 30.9 Å². The Morgan fingerprint density at radius 2 is 1.63 bits per heavy atom. The fourth-order valence-corrected chi connectivity index (χ4v) is 8.89. The standard InChI is InChI=1S/C29H37O5P.3CH4.3H2S/c1-5-15-29(31)16-14-26-24-12-8-20-17-21(30)9-13-23(20)27(24)25(18-28(26,29)2)19-6-10-22(11-7-19)35(32,33-3)34-4;;;;;;/h5-7,10-11,17,24-26,31H,1,8-9,12-16,18H2,2-4H3;3*1H4;3*1H2/t24-,25+,26-,28-,29-;;;;;;/m0....../s1. The van der Waals surface area contributed by atoms with Crippen LogP contribution in [0.4, 0.5) is 0 Å². The Morgan fingerprint density at radius 3 is 2.20 bits per heavy atom. The van der Waals surface area contributed by atoms with Crippen molar-refractivity contribution < 1.29 is 23.5 Å². The maximum Gasteiger partial charge on any atom is 0.360 e. The first-order chi connectivity index (χ1) is 16.7. The molecule has 5 rings (SSSR count). The third-order valence-electron chi connectivity index (χ3n) is 9.63. The van der Waals surface area contributed by atoms with Crippen LogP contribution in [0.5, 0.6) is 0 Å². The molecule has 236 valence electrons. The normalized spacial score (nSPS) is 29.6. The summed E-state index contributed by atoms with van der Waals surface area (Å²) in [5, 5.41) is 12.4. The van der Waals surface area contributed by atoms with Crippen LogP contribution >= 0.6 is 48.1 Å². The molecule has 0 spiro atoms. The largest absolute Gasteiger partial charge is 0.389 e. The van der Waals surface area contributed by atoms with Crippen molar-refractivity contribution in [3.8, 4) is 0 Å². The lowest BCUT2D eigenvalue weighted by atomic mass is 9.51. The molecule has 5 atom stereocenters. The van der Waals surface area contributed by atoms with Crippen LogP contribution in [-0.4, -0.2) is 30.7 Å². The molecular formula is C32H55O5PS3. The molecular weight excluding hydrogens is 592 g/mol. The van der Waals surface area contributed by atoms with Gasteiger partial charge >= 0.3 is 7.60 Å². The first-order valence-corrected chi connectivity index (χ1v) is 14.4. The Hall–Kier alpha value is -0.730. The Balaban J connectivity index is 0. The van der Waals surface area contributed by atoms with Gasteiger partial charge in [-0.3, -0.25) is 9.36 Å². The SMILES string of the molecule is C.C.C.C=CC[C@]1(O)CC[C@H]2[C@@H]3CCC4=CC(=O)CCC4=C3[C@@H](c3ccc(P(=O)(OC)OC)cc3)C[C@@]21C.S.S.S. The van der Waals surface area contributed by atoms with Crippen LogP contribution in [0.2, 0.25) is 0 Å². The summed E-state index contributed by atoms with van der Waals surface area (Å²) in [5.74, 6) is 1.20. The number of rotatable bonds is 6. The Bertz CT molecular complexity index is 1160. The van der Waals surface area contributed by atoms with Crippen molar-refractivity contribution in [2.45, 2.75) is 92.1 Å². The number of hydrogen-bond donors (Lipinski definition) is 1. The van der Waals surface area contributed by atoms with Crippen LogP contribution in [0, 0.1) is 17.3 Å². The lowest BCUT2D eigenvalue weighted by molar-refractivity contribution is -0.114. The molecule has 5 nitrogen and oxygen atoms in total. The molecule has 0 heterocycles.